The first-order valence-electron chi connectivity index (χ1n) is 4.20. The van der Waals surface area contributed by atoms with E-state index in [-0.39, 0.29) is 11.5 Å². The highest BCUT2D eigenvalue weighted by Crippen LogP contribution is 2.14. The number of amides is 2. The number of nitrogens with zero attached hydrogens (tertiary/aromatic N) is 1. The summed E-state index contributed by atoms with van der Waals surface area (Å²) in [5, 5.41) is 0.297. The van der Waals surface area contributed by atoms with Crippen molar-refractivity contribution in [2.24, 2.45) is 0 Å². The Balaban J connectivity index is 2.78. The van der Waals surface area contributed by atoms with Crippen LogP contribution < -0.4 is 10.9 Å². The normalized spacial score (nSPS) is 9.53. The summed E-state index contributed by atoms with van der Waals surface area (Å²) in [6.07, 6.45) is 1.36. The Bertz CT molecular complexity index is 406. The van der Waals surface area contributed by atoms with Crippen LogP contribution in [-0.4, -0.2) is 16.8 Å². The highest BCUT2D eigenvalue weighted by atomic mass is 35.5. The maximum atomic E-state index is 11.4. The minimum Gasteiger partial charge on any atom is -0.274 e. The number of nitrogens with one attached hydrogen (secondary N) is 2. The molecule has 0 atom stereocenters. The second-order valence-electron chi connectivity index (χ2n) is 2.94. The molecule has 0 aliphatic rings. The van der Waals surface area contributed by atoms with E-state index in [1.165, 1.54) is 13.1 Å². The van der Waals surface area contributed by atoms with Gasteiger partial charge in [-0.1, -0.05) is 11.6 Å². The quantitative estimate of drug-likeness (QED) is 0.698. The number of carbonyl (C=O) groups is 2. The van der Waals surface area contributed by atoms with Crippen LogP contribution in [0.15, 0.2) is 12.3 Å². The number of pyridine rings is 1. The molecule has 1 aromatic heterocycles. The summed E-state index contributed by atoms with van der Waals surface area (Å²) < 4.78 is 0. The van der Waals surface area contributed by atoms with Crippen molar-refractivity contribution in [3.8, 4) is 0 Å². The Hall–Kier alpha value is -1.62. The van der Waals surface area contributed by atoms with Gasteiger partial charge in [0.2, 0.25) is 5.91 Å². The number of aromatic nitrogens is 1. The SMILES string of the molecule is CC(=O)NNC(=O)c1cnc(C)cc1Cl. The number of halogens is 1. The lowest BCUT2D eigenvalue weighted by atomic mass is 10.2. The molecular weight excluding hydrogens is 218 g/mol. The van der Waals surface area contributed by atoms with Crippen LogP contribution in [0.25, 0.3) is 0 Å². The highest BCUT2D eigenvalue weighted by Gasteiger charge is 2.10. The highest BCUT2D eigenvalue weighted by molar-refractivity contribution is 6.33. The minimum absolute atomic E-state index is 0.219. The lowest BCUT2D eigenvalue weighted by Crippen LogP contribution is -2.40. The molecule has 2 N–H and O–H groups in total. The molecule has 0 radical (unpaired) electrons. The molecule has 0 aliphatic heterocycles. The maximum Gasteiger partial charge on any atom is 0.272 e. The van der Waals surface area contributed by atoms with Gasteiger partial charge in [0, 0.05) is 18.8 Å². The zero-order valence-electron chi connectivity index (χ0n) is 8.30. The van der Waals surface area contributed by atoms with E-state index >= 15 is 0 Å². The molecule has 0 fully saturated rings. The smallest absolute Gasteiger partial charge is 0.272 e. The standard InChI is InChI=1S/C9H10ClN3O2/c1-5-3-8(10)7(4-11-5)9(15)13-12-6(2)14/h3-4H,1-2H3,(H,12,14)(H,13,15). The van der Waals surface area contributed by atoms with Gasteiger partial charge >= 0.3 is 0 Å². The van der Waals surface area contributed by atoms with Gasteiger partial charge in [0.05, 0.1) is 10.6 Å². The van der Waals surface area contributed by atoms with Gasteiger partial charge in [0.1, 0.15) is 0 Å². The monoisotopic (exact) mass is 227 g/mol. The molecule has 6 heteroatoms. The lowest BCUT2D eigenvalue weighted by molar-refractivity contribution is -0.119. The minimum atomic E-state index is -0.497. The molecule has 0 saturated heterocycles. The molecule has 5 nitrogen and oxygen atoms in total. The van der Waals surface area contributed by atoms with E-state index < -0.39 is 5.91 Å². The van der Waals surface area contributed by atoms with Crippen molar-refractivity contribution in [2.75, 3.05) is 0 Å². The van der Waals surface area contributed by atoms with Crippen LogP contribution in [0.3, 0.4) is 0 Å². The van der Waals surface area contributed by atoms with Crippen molar-refractivity contribution in [1.82, 2.24) is 15.8 Å². The van der Waals surface area contributed by atoms with Crippen LogP contribution in [0, 0.1) is 6.92 Å². The molecule has 0 aromatic carbocycles. The van der Waals surface area contributed by atoms with Crippen LogP contribution in [-0.2, 0) is 4.79 Å². The van der Waals surface area contributed by atoms with Gasteiger partial charge in [0.25, 0.3) is 5.91 Å². The first-order chi connectivity index (χ1) is 7.00. The van der Waals surface area contributed by atoms with Gasteiger partial charge in [-0.05, 0) is 13.0 Å². The first-order valence-corrected chi connectivity index (χ1v) is 4.57. The molecule has 15 heavy (non-hydrogen) atoms. The van der Waals surface area contributed by atoms with E-state index in [1.54, 1.807) is 13.0 Å². The predicted molar refractivity (Wildman–Crippen MR) is 55.3 cm³/mol. The van der Waals surface area contributed by atoms with Crippen molar-refractivity contribution >= 4 is 23.4 Å². The fourth-order valence-corrected chi connectivity index (χ4v) is 1.20. The molecule has 1 rings (SSSR count). The molecule has 0 saturated carbocycles. The third-order valence-corrected chi connectivity index (χ3v) is 1.90. The number of hydrogen-bond acceptors (Lipinski definition) is 3. The van der Waals surface area contributed by atoms with Gasteiger partial charge in [-0.15, -0.1) is 0 Å². The summed E-state index contributed by atoms with van der Waals surface area (Å²) in [7, 11) is 0. The van der Waals surface area contributed by atoms with Gasteiger partial charge in [-0.25, -0.2) is 0 Å². The summed E-state index contributed by atoms with van der Waals surface area (Å²) >= 11 is 5.83. The van der Waals surface area contributed by atoms with Gasteiger partial charge < -0.3 is 0 Å². The van der Waals surface area contributed by atoms with Gasteiger partial charge in [-0.2, -0.15) is 0 Å². The number of aryl methyl sites for hydroxylation is 1. The molecule has 0 spiro atoms. The second kappa shape index (κ2) is 4.75. The maximum absolute atomic E-state index is 11.4. The average molecular weight is 228 g/mol. The van der Waals surface area contributed by atoms with E-state index in [4.69, 9.17) is 11.6 Å². The van der Waals surface area contributed by atoms with Crippen molar-refractivity contribution in [1.29, 1.82) is 0 Å². The Kier molecular flexibility index (Phi) is 3.62. The van der Waals surface area contributed by atoms with E-state index in [2.05, 4.69) is 15.8 Å². The fraction of sp³-hybridized carbons (Fsp3) is 0.222. The summed E-state index contributed by atoms with van der Waals surface area (Å²) in [6, 6.07) is 1.57. The predicted octanol–water partition coefficient (Wildman–Crippen LogP) is 0.824. The Labute approximate surface area is 91.8 Å². The number of carbonyl (C=O) groups excluding carboxylic acids is 2. The number of hydrazine groups is 1. The van der Waals surface area contributed by atoms with E-state index in [0.717, 1.165) is 5.69 Å². The third kappa shape index (κ3) is 3.21. The molecular formula is C9H10ClN3O2. The van der Waals surface area contributed by atoms with E-state index in [9.17, 15) is 9.59 Å². The van der Waals surface area contributed by atoms with Crippen LogP contribution in [0.2, 0.25) is 5.02 Å². The summed E-state index contributed by atoms with van der Waals surface area (Å²) in [5.74, 6) is -0.859. The van der Waals surface area contributed by atoms with Crippen molar-refractivity contribution in [3.05, 3.63) is 28.5 Å². The second-order valence-corrected chi connectivity index (χ2v) is 3.35. The van der Waals surface area contributed by atoms with Crippen LogP contribution in [0.5, 0.6) is 0 Å². The third-order valence-electron chi connectivity index (χ3n) is 1.59. The zero-order valence-corrected chi connectivity index (χ0v) is 9.05. The Morgan fingerprint density at radius 3 is 2.60 bits per heavy atom. The lowest BCUT2D eigenvalue weighted by Gasteiger charge is -2.06. The van der Waals surface area contributed by atoms with Gasteiger partial charge in [-0.3, -0.25) is 25.4 Å². The number of hydrogen-bond donors (Lipinski definition) is 2. The zero-order chi connectivity index (χ0) is 11.4. The summed E-state index contributed by atoms with van der Waals surface area (Å²) in [4.78, 5) is 25.9. The Morgan fingerprint density at radius 1 is 1.40 bits per heavy atom. The van der Waals surface area contributed by atoms with Crippen molar-refractivity contribution < 1.29 is 9.59 Å². The molecule has 1 heterocycles. The van der Waals surface area contributed by atoms with Gasteiger partial charge in [0.15, 0.2) is 0 Å². The Morgan fingerprint density at radius 2 is 2.07 bits per heavy atom. The van der Waals surface area contributed by atoms with Crippen molar-refractivity contribution in [3.63, 3.8) is 0 Å². The molecule has 2 amide bonds. The van der Waals surface area contributed by atoms with Crippen molar-refractivity contribution in [2.45, 2.75) is 13.8 Å². The van der Waals surface area contributed by atoms with Crippen LogP contribution in [0.4, 0.5) is 0 Å². The first kappa shape index (κ1) is 11.5. The topological polar surface area (TPSA) is 71.1 Å². The molecule has 0 aliphatic carbocycles. The van der Waals surface area contributed by atoms with Crippen LogP contribution in [0.1, 0.15) is 23.0 Å². The molecule has 80 valence electrons. The molecule has 0 bridgehead atoms. The fourth-order valence-electron chi connectivity index (χ4n) is 0.906. The van der Waals surface area contributed by atoms with E-state index in [1.807, 2.05) is 0 Å². The van der Waals surface area contributed by atoms with E-state index in [0.29, 0.717) is 5.02 Å². The van der Waals surface area contributed by atoms with Crippen LogP contribution >= 0.6 is 11.6 Å². The summed E-state index contributed by atoms with van der Waals surface area (Å²) in [5.41, 5.74) is 5.29. The number of rotatable bonds is 1. The summed E-state index contributed by atoms with van der Waals surface area (Å²) in [6.45, 7) is 3.05. The molecule has 0 unspecified atom stereocenters. The largest absolute Gasteiger partial charge is 0.274 e. The molecule has 1 aromatic rings. The average Bonchev–Trinajstić information content (AvgIpc) is 2.14.